The minimum absolute atomic E-state index is 0.133. The van der Waals surface area contributed by atoms with Gasteiger partial charge in [-0.15, -0.1) is 0 Å². The quantitative estimate of drug-likeness (QED) is 0.750. The average Bonchev–Trinajstić information content (AvgIpc) is 2.16. The Morgan fingerprint density at radius 2 is 2.25 bits per heavy atom. The number of likely N-dealkylation sites (N-methyl/N-ethyl adjacent to an activating group) is 1. The number of hydrogen-bond acceptors (Lipinski definition) is 4. The third-order valence-electron chi connectivity index (χ3n) is 2.08. The van der Waals surface area contributed by atoms with Crippen molar-refractivity contribution in [1.29, 1.82) is 0 Å². The molecule has 0 atom stereocenters. The van der Waals surface area contributed by atoms with Crippen molar-refractivity contribution < 1.29 is 19.0 Å². The van der Waals surface area contributed by atoms with Crippen LogP contribution < -0.4 is 15.4 Å². The van der Waals surface area contributed by atoms with Crippen molar-refractivity contribution in [1.82, 2.24) is 0 Å². The Bertz CT molecular complexity index is 409. The fourth-order valence-electron chi connectivity index (χ4n) is 1.32. The first kappa shape index (κ1) is 12.1. The summed E-state index contributed by atoms with van der Waals surface area (Å²) in [6.45, 7) is -0.302. The van der Waals surface area contributed by atoms with Crippen LogP contribution in [0.15, 0.2) is 12.1 Å². The molecule has 0 saturated carbocycles. The van der Waals surface area contributed by atoms with Gasteiger partial charge in [0, 0.05) is 19.2 Å². The van der Waals surface area contributed by atoms with Gasteiger partial charge in [0.25, 0.3) is 0 Å². The Labute approximate surface area is 92.2 Å². The molecule has 0 bridgehead atoms. The number of nitrogens with zero attached hydrogens (tertiary/aromatic N) is 1. The monoisotopic (exact) mass is 228 g/mol. The van der Waals surface area contributed by atoms with E-state index in [1.165, 1.54) is 25.1 Å². The minimum atomic E-state index is -1.04. The van der Waals surface area contributed by atoms with Gasteiger partial charge in [-0.05, 0) is 0 Å². The molecule has 5 nitrogen and oxygen atoms in total. The number of ether oxygens (including phenoxy) is 1. The number of benzene rings is 1. The summed E-state index contributed by atoms with van der Waals surface area (Å²) in [6.07, 6.45) is 0. The van der Waals surface area contributed by atoms with Gasteiger partial charge in [-0.1, -0.05) is 0 Å². The van der Waals surface area contributed by atoms with Crippen LogP contribution >= 0.6 is 0 Å². The van der Waals surface area contributed by atoms with Crippen molar-refractivity contribution in [3.8, 4) is 5.75 Å². The Morgan fingerprint density at radius 3 is 2.75 bits per heavy atom. The molecule has 0 aliphatic rings. The summed E-state index contributed by atoms with van der Waals surface area (Å²) in [5, 5.41) is 8.60. The zero-order valence-corrected chi connectivity index (χ0v) is 9.03. The highest BCUT2D eigenvalue weighted by molar-refractivity contribution is 5.74. The lowest BCUT2D eigenvalue weighted by atomic mass is 10.2. The lowest BCUT2D eigenvalue weighted by Crippen LogP contribution is -2.26. The van der Waals surface area contributed by atoms with Gasteiger partial charge >= 0.3 is 5.97 Å². The van der Waals surface area contributed by atoms with Crippen molar-refractivity contribution in [2.24, 2.45) is 0 Å². The van der Waals surface area contributed by atoms with Crippen LogP contribution in [0.5, 0.6) is 5.75 Å². The summed E-state index contributed by atoms with van der Waals surface area (Å²) >= 11 is 0. The maximum absolute atomic E-state index is 13.5. The molecule has 0 aliphatic carbocycles. The second-order valence-electron chi connectivity index (χ2n) is 3.30. The van der Waals surface area contributed by atoms with Crippen molar-refractivity contribution in [3.05, 3.63) is 17.9 Å². The number of halogens is 1. The van der Waals surface area contributed by atoms with Gasteiger partial charge in [-0.25, -0.2) is 4.39 Å². The van der Waals surface area contributed by atoms with Crippen LogP contribution in [-0.4, -0.2) is 31.8 Å². The number of nitrogen functional groups attached to an aromatic ring is 1. The number of hydrogen-bond donors (Lipinski definition) is 2. The Hall–Kier alpha value is -1.98. The van der Waals surface area contributed by atoms with E-state index in [0.717, 1.165) is 6.07 Å². The maximum atomic E-state index is 13.5. The van der Waals surface area contributed by atoms with Crippen LogP contribution in [0.4, 0.5) is 15.8 Å². The first-order valence-electron chi connectivity index (χ1n) is 4.51. The summed E-state index contributed by atoms with van der Waals surface area (Å²) in [5.74, 6) is -1.31. The van der Waals surface area contributed by atoms with Gasteiger partial charge in [0.1, 0.15) is 18.1 Å². The molecule has 0 aliphatic heterocycles. The third kappa shape index (κ3) is 2.53. The highest BCUT2D eigenvalue weighted by Crippen LogP contribution is 2.29. The molecule has 1 aromatic rings. The zero-order chi connectivity index (χ0) is 12.3. The Morgan fingerprint density at radius 1 is 1.62 bits per heavy atom. The van der Waals surface area contributed by atoms with Crippen LogP contribution in [0.25, 0.3) is 0 Å². The van der Waals surface area contributed by atoms with Crippen molar-refractivity contribution >= 4 is 17.3 Å². The van der Waals surface area contributed by atoms with E-state index >= 15 is 0 Å². The predicted molar refractivity (Wildman–Crippen MR) is 58.3 cm³/mol. The lowest BCUT2D eigenvalue weighted by Gasteiger charge is -2.18. The molecule has 0 spiro atoms. The Kier molecular flexibility index (Phi) is 3.55. The summed E-state index contributed by atoms with van der Waals surface area (Å²) in [7, 11) is 2.88. The average molecular weight is 228 g/mol. The fourth-order valence-corrected chi connectivity index (χ4v) is 1.32. The van der Waals surface area contributed by atoms with Crippen LogP contribution in [0.1, 0.15) is 0 Å². The molecule has 16 heavy (non-hydrogen) atoms. The van der Waals surface area contributed by atoms with E-state index in [0.29, 0.717) is 5.75 Å². The summed E-state index contributed by atoms with van der Waals surface area (Å²) in [5.41, 5.74) is 5.81. The van der Waals surface area contributed by atoms with E-state index in [9.17, 15) is 9.18 Å². The van der Waals surface area contributed by atoms with Gasteiger partial charge in [0.15, 0.2) is 0 Å². The number of carboxylic acid groups (broad SMARTS) is 1. The molecule has 1 aromatic carbocycles. The van der Waals surface area contributed by atoms with Crippen LogP contribution in [0.3, 0.4) is 0 Å². The molecule has 3 N–H and O–H groups in total. The van der Waals surface area contributed by atoms with Crippen LogP contribution in [0.2, 0.25) is 0 Å². The predicted octanol–water partition coefficient (Wildman–Crippen LogP) is 0.937. The standard InChI is InChI=1S/C10H13FN2O3/c1-13(5-10(14)15)8-4-9(16-2)7(12)3-6(8)11/h3-4H,5,12H2,1-2H3,(H,14,15). The van der Waals surface area contributed by atoms with Crippen LogP contribution in [0, 0.1) is 5.82 Å². The third-order valence-corrected chi connectivity index (χ3v) is 2.08. The highest BCUT2D eigenvalue weighted by Gasteiger charge is 2.14. The van der Waals surface area contributed by atoms with E-state index < -0.39 is 11.8 Å². The molecule has 0 heterocycles. The molecule has 0 radical (unpaired) electrons. The highest BCUT2D eigenvalue weighted by atomic mass is 19.1. The normalized spacial score (nSPS) is 9.94. The fraction of sp³-hybridized carbons (Fsp3) is 0.300. The summed E-state index contributed by atoms with van der Waals surface area (Å²) in [4.78, 5) is 11.8. The van der Waals surface area contributed by atoms with Crippen LogP contribution in [-0.2, 0) is 4.79 Å². The molecule has 88 valence electrons. The largest absolute Gasteiger partial charge is 0.495 e. The van der Waals surface area contributed by atoms with E-state index in [1.807, 2.05) is 0 Å². The van der Waals surface area contributed by atoms with E-state index in [-0.39, 0.29) is 17.9 Å². The number of anilines is 2. The van der Waals surface area contributed by atoms with E-state index in [2.05, 4.69) is 0 Å². The number of carboxylic acids is 1. The molecule has 1 rings (SSSR count). The molecule has 0 aromatic heterocycles. The number of aliphatic carboxylic acids is 1. The topological polar surface area (TPSA) is 75.8 Å². The van der Waals surface area contributed by atoms with Gasteiger partial charge < -0.3 is 20.5 Å². The first-order valence-corrected chi connectivity index (χ1v) is 4.51. The Balaban J connectivity index is 3.08. The maximum Gasteiger partial charge on any atom is 0.323 e. The number of carbonyl (C=O) groups is 1. The van der Waals surface area contributed by atoms with Gasteiger partial charge in [-0.2, -0.15) is 0 Å². The molecule has 0 saturated heterocycles. The van der Waals surface area contributed by atoms with Crippen molar-refractivity contribution in [2.75, 3.05) is 31.3 Å². The van der Waals surface area contributed by atoms with Crippen molar-refractivity contribution in [2.45, 2.75) is 0 Å². The molecule has 0 amide bonds. The van der Waals surface area contributed by atoms with Gasteiger partial charge in [0.05, 0.1) is 18.5 Å². The molecule has 0 fully saturated rings. The van der Waals surface area contributed by atoms with E-state index in [4.69, 9.17) is 15.6 Å². The van der Waals surface area contributed by atoms with Gasteiger partial charge in [0.2, 0.25) is 0 Å². The number of nitrogens with two attached hydrogens (primary N) is 1. The first-order chi connectivity index (χ1) is 7.45. The SMILES string of the molecule is COc1cc(N(C)CC(=O)O)c(F)cc1N. The number of rotatable bonds is 4. The van der Waals surface area contributed by atoms with Gasteiger partial charge in [-0.3, -0.25) is 4.79 Å². The molecular formula is C10H13FN2O3. The minimum Gasteiger partial charge on any atom is -0.495 e. The zero-order valence-electron chi connectivity index (χ0n) is 9.03. The molecule has 0 unspecified atom stereocenters. The lowest BCUT2D eigenvalue weighted by molar-refractivity contribution is -0.135. The second kappa shape index (κ2) is 4.69. The second-order valence-corrected chi connectivity index (χ2v) is 3.30. The van der Waals surface area contributed by atoms with E-state index in [1.54, 1.807) is 0 Å². The molecular weight excluding hydrogens is 215 g/mol. The van der Waals surface area contributed by atoms with Crippen molar-refractivity contribution in [3.63, 3.8) is 0 Å². The molecule has 6 heteroatoms. The summed E-state index contributed by atoms with van der Waals surface area (Å²) < 4.78 is 18.4. The number of methoxy groups -OCH3 is 1. The smallest absolute Gasteiger partial charge is 0.323 e. The summed E-state index contributed by atoms with van der Waals surface area (Å²) in [6, 6.07) is 2.47.